The molecule has 2 aromatic carbocycles. The topological polar surface area (TPSA) is 105 Å². The third-order valence-corrected chi connectivity index (χ3v) is 5.83. The highest BCUT2D eigenvalue weighted by Gasteiger charge is 2.13. The van der Waals surface area contributed by atoms with E-state index in [1.54, 1.807) is 6.07 Å². The smallest absolute Gasteiger partial charge is 0.227 e. The summed E-state index contributed by atoms with van der Waals surface area (Å²) < 4.78 is 3.16. The van der Waals surface area contributed by atoms with Crippen LogP contribution in [0.1, 0.15) is 18.9 Å². The molecule has 2 heterocycles. The first-order valence-electron chi connectivity index (χ1n) is 9.59. The number of benzene rings is 2. The van der Waals surface area contributed by atoms with Gasteiger partial charge in [-0.1, -0.05) is 41.2 Å². The molecule has 0 aliphatic rings. The van der Waals surface area contributed by atoms with Gasteiger partial charge >= 0.3 is 0 Å². The number of anilines is 2. The third-order valence-electron chi connectivity index (χ3n) is 4.59. The fraction of sp³-hybridized carbons (Fsp3) is 0.190. The maximum Gasteiger partial charge on any atom is 0.227 e. The Labute approximate surface area is 187 Å². The van der Waals surface area contributed by atoms with E-state index in [1.807, 2.05) is 47.9 Å². The minimum atomic E-state index is -0.168. The van der Waals surface area contributed by atoms with Crippen molar-refractivity contribution in [3.8, 4) is 11.4 Å². The number of hydrogen-bond acceptors (Lipinski definition) is 6. The van der Waals surface area contributed by atoms with Gasteiger partial charge in [0.1, 0.15) is 0 Å². The number of nitrogens with one attached hydrogen (secondary N) is 3. The van der Waals surface area contributed by atoms with Crippen LogP contribution in [0.25, 0.3) is 21.6 Å². The van der Waals surface area contributed by atoms with Gasteiger partial charge in [-0.05, 0) is 37.3 Å². The number of carbonyl (C=O) groups excluding carboxylic acids is 2. The second kappa shape index (κ2) is 8.78. The molecule has 0 bridgehead atoms. The highest BCUT2D eigenvalue weighted by Crippen LogP contribution is 2.28. The number of rotatable bonds is 6. The van der Waals surface area contributed by atoms with Crippen LogP contribution in [-0.4, -0.2) is 31.6 Å². The van der Waals surface area contributed by atoms with Gasteiger partial charge in [-0.25, -0.2) is 4.98 Å². The van der Waals surface area contributed by atoms with Gasteiger partial charge in [0.05, 0.1) is 10.2 Å². The van der Waals surface area contributed by atoms with Crippen molar-refractivity contribution in [3.05, 3.63) is 52.8 Å². The maximum atomic E-state index is 12.5. The zero-order chi connectivity index (χ0) is 22.0. The van der Waals surface area contributed by atoms with Crippen LogP contribution in [-0.2, 0) is 16.1 Å². The molecule has 0 saturated heterocycles. The molecule has 0 unspecified atom stereocenters. The van der Waals surface area contributed by atoms with Crippen LogP contribution < -0.4 is 10.6 Å². The third kappa shape index (κ3) is 4.86. The second-order valence-corrected chi connectivity index (χ2v) is 8.47. The second-order valence-electron chi connectivity index (χ2n) is 7.05. The molecule has 0 atom stereocenters. The lowest BCUT2D eigenvalue weighted by atomic mass is 10.1. The van der Waals surface area contributed by atoms with Crippen LogP contribution in [0, 0.1) is 11.7 Å². The highest BCUT2D eigenvalue weighted by atomic mass is 32.1. The molecule has 31 heavy (non-hydrogen) atoms. The SMILES string of the molecule is CC(=O)Nc1ccc2nc(NC(=O)CCn3c(-c4ccc(C)cc4)n[nH]c3=S)sc2c1. The molecule has 0 fully saturated rings. The number of thiazole rings is 1. The van der Waals surface area contributed by atoms with Gasteiger partial charge < -0.3 is 10.6 Å². The molecular formula is C21H20N6O2S2. The van der Waals surface area contributed by atoms with E-state index in [0.29, 0.717) is 28.0 Å². The van der Waals surface area contributed by atoms with E-state index in [9.17, 15) is 9.59 Å². The van der Waals surface area contributed by atoms with Crippen molar-refractivity contribution >= 4 is 56.4 Å². The standard InChI is InChI=1S/C21H20N6O2S2/c1-12-3-5-14(6-4-12)19-25-26-21(30)27(19)10-9-18(29)24-20-23-16-8-7-15(22-13(2)28)11-17(16)31-20/h3-8,11H,9-10H2,1-2H3,(H,22,28)(H,26,30)(H,23,24,29). The first-order valence-corrected chi connectivity index (χ1v) is 10.8. The monoisotopic (exact) mass is 452 g/mol. The molecule has 158 valence electrons. The highest BCUT2D eigenvalue weighted by molar-refractivity contribution is 7.71. The van der Waals surface area contributed by atoms with Gasteiger partial charge in [0.25, 0.3) is 0 Å². The van der Waals surface area contributed by atoms with Crippen LogP contribution >= 0.6 is 23.6 Å². The average Bonchev–Trinajstić information content (AvgIpc) is 3.28. The zero-order valence-electron chi connectivity index (χ0n) is 16.9. The summed E-state index contributed by atoms with van der Waals surface area (Å²) in [4.78, 5) is 28.2. The number of aromatic nitrogens is 4. The van der Waals surface area contributed by atoms with Gasteiger partial charge in [-0.2, -0.15) is 5.10 Å². The fourth-order valence-electron chi connectivity index (χ4n) is 3.10. The first-order chi connectivity index (χ1) is 14.9. The molecule has 8 nitrogen and oxygen atoms in total. The number of amides is 2. The lowest BCUT2D eigenvalue weighted by Crippen LogP contribution is -2.15. The fourth-order valence-corrected chi connectivity index (χ4v) is 4.25. The molecule has 4 aromatic rings. The van der Waals surface area contributed by atoms with Crippen LogP contribution in [0.2, 0.25) is 0 Å². The van der Waals surface area contributed by atoms with E-state index in [4.69, 9.17) is 12.2 Å². The number of aromatic amines is 1. The summed E-state index contributed by atoms with van der Waals surface area (Å²) in [5.41, 5.74) is 3.54. The lowest BCUT2D eigenvalue weighted by molar-refractivity contribution is -0.116. The minimum absolute atomic E-state index is 0.139. The Kier molecular flexibility index (Phi) is 5.92. The zero-order valence-corrected chi connectivity index (χ0v) is 18.6. The predicted molar refractivity (Wildman–Crippen MR) is 125 cm³/mol. The molecule has 4 rings (SSSR count). The number of hydrogen-bond donors (Lipinski definition) is 3. The van der Waals surface area contributed by atoms with Crippen LogP contribution in [0.15, 0.2) is 42.5 Å². The summed E-state index contributed by atoms with van der Waals surface area (Å²) in [6, 6.07) is 13.4. The summed E-state index contributed by atoms with van der Waals surface area (Å²) in [5.74, 6) is 0.391. The average molecular weight is 453 g/mol. The van der Waals surface area contributed by atoms with Gasteiger partial charge in [0.2, 0.25) is 11.8 Å². The van der Waals surface area contributed by atoms with Gasteiger partial charge in [-0.15, -0.1) is 0 Å². The molecule has 0 aliphatic carbocycles. The van der Waals surface area contributed by atoms with E-state index in [-0.39, 0.29) is 18.2 Å². The number of aryl methyl sites for hydroxylation is 1. The molecule has 3 N–H and O–H groups in total. The van der Waals surface area contributed by atoms with Crippen LogP contribution in [0.5, 0.6) is 0 Å². The minimum Gasteiger partial charge on any atom is -0.326 e. The van der Waals surface area contributed by atoms with Crippen molar-refractivity contribution in [2.24, 2.45) is 0 Å². The maximum absolute atomic E-state index is 12.5. The molecule has 2 aromatic heterocycles. The van der Waals surface area contributed by atoms with Crippen molar-refractivity contribution < 1.29 is 9.59 Å². The summed E-state index contributed by atoms with van der Waals surface area (Å²) in [5, 5.41) is 13.2. The largest absolute Gasteiger partial charge is 0.326 e. The first kappa shape index (κ1) is 20.9. The van der Waals surface area contributed by atoms with E-state index in [2.05, 4.69) is 25.8 Å². The summed E-state index contributed by atoms with van der Waals surface area (Å²) in [7, 11) is 0. The van der Waals surface area contributed by atoms with Crippen molar-refractivity contribution in [2.45, 2.75) is 26.8 Å². The quantitative estimate of drug-likeness (QED) is 0.373. The van der Waals surface area contributed by atoms with E-state index in [0.717, 1.165) is 21.3 Å². The van der Waals surface area contributed by atoms with E-state index in [1.165, 1.54) is 18.3 Å². The number of fused-ring (bicyclic) bond motifs is 1. The van der Waals surface area contributed by atoms with Gasteiger partial charge in [0.15, 0.2) is 15.7 Å². The summed E-state index contributed by atoms with van der Waals surface area (Å²) >= 11 is 6.69. The lowest BCUT2D eigenvalue weighted by Gasteiger charge is -2.07. The van der Waals surface area contributed by atoms with Gasteiger partial charge in [0, 0.05) is 31.1 Å². The number of nitrogens with zero attached hydrogens (tertiary/aromatic N) is 3. The molecule has 2 amide bonds. The molecular weight excluding hydrogens is 432 g/mol. The Morgan fingerprint density at radius 3 is 2.68 bits per heavy atom. The Hall–Kier alpha value is -3.37. The normalized spacial score (nSPS) is 10.9. The molecule has 0 saturated carbocycles. The molecule has 0 spiro atoms. The van der Waals surface area contributed by atoms with Crippen molar-refractivity contribution in [3.63, 3.8) is 0 Å². The van der Waals surface area contributed by atoms with Crippen LogP contribution in [0.3, 0.4) is 0 Å². The molecule has 0 radical (unpaired) electrons. The van der Waals surface area contributed by atoms with Crippen molar-refractivity contribution in [2.75, 3.05) is 10.6 Å². The Bertz CT molecular complexity index is 1320. The molecule has 10 heteroatoms. The van der Waals surface area contributed by atoms with Crippen molar-refractivity contribution in [1.29, 1.82) is 0 Å². The molecule has 0 aliphatic heterocycles. The summed E-state index contributed by atoms with van der Waals surface area (Å²) in [6.07, 6.45) is 0.222. The van der Waals surface area contributed by atoms with E-state index < -0.39 is 0 Å². The Morgan fingerprint density at radius 2 is 1.94 bits per heavy atom. The van der Waals surface area contributed by atoms with Gasteiger partial charge in [-0.3, -0.25) is 19.3 Å². The predicted octanol–water partition coefficient (Wildman–Crippen LogP) is 4.51. The van der Waals surface area contributed by atoms with E-state index >= 15 is 0 Å². The Morgan fingerprint density at radius 1 is 1.16 bits per heavy atom. The number of carbonyl (C=O) groups is 2. The van der Waals surface area contributed by atoms with Crippen molar-refractivity contribution in [1.82, 2.24) is 19.7 Å². The Balaban J connectivity index is 1.44. The van der Waals surface area contributed by atoms with Crippen LogP contribution in [0.4, 0.5) is 10.8 Å². The number of H-pyrrole nitrogens is 1. The summed E-state index contributed by atoms with van der Waals surface area (Å²) in [6.45, 7) is 3.87.